The highest BCUT2D eigenvalue weighted by Gasteiger charge is 2.46. The van der Waals surface area contributed by atoms with Gasteiger partial charge in [0.1, 0.15) is 34.2 Å². The number of benzene rings is 2. The molecule has 46 heavy (non-hydrogen) atoms. The molecule has 4 heterocycles. The molecule has 2 aliphatic rings. The fraction of sp³-hybridized carbons (Fsp3) is 0.394. The second-order valence-corrected chi connectivity index (χ2v) is 12.9. The van der Waals surface area contributed by atoms with Gasteiger partial charge < -0.3 is 36.1 Å². The number of hydrogen-bond donors (Lipinski definition) is 4. The Kier molecular flexibility index (Phi) is 7.87. The van der Waals surface area contributed by atoms with Crippen LogP contribution >= 0.6 is 0 Å². The Morgan fingerprint density at radius 3 is 2.46 bits per heavy atom. The molecule has 2 fully saturated rings. The number of nitrogen functional groups attached to an aromatic ring is 1. The van der Waals surface area contributed by atoms with Crippen LogP contribution in [0.3, 0.4) is 0 Å². The molecule has 0 spiro atoms. The predicted octanol–water partition coefficient (Wildman–Crippen LogP) is 4.89. The maximum absolute atomic E-state index is 13.9. The summed E-state index contributed by atoms with van der Waals surface area (Å²) < 4.78 is 26.4. The number of primary amides is 1. The molecule has 3 amide bonds. The number of aromatic nitrogens is 3. The molecule has 2 aliphatic heterocycles. The van der Waals surface area contributed by atoms with Crippen molar-refractivity contribution in [1.82, 2.24) is 25.0 Å². The zero-order chi connectivity index (χ0) is 32.9. The number of nitrogens with one attached hydrogen (secondary N) is 2. The van der Waals surface area contributed by atoms with E-state index in [4.69, 9.17) is 26.0 Å². The number of H-pyrrole nitrogens is 1. The summed E-state index contributed by atoms with van der Waals surface area (Å²) in [6.45, 7) is 5.69. The smallest absolute Gasteiger partial charge is 0.410 e. The fourth-order valence-corrected chi connectivity index (χ4v) is 6.82. The third-order valence-electron chi connectivity index (χ3n) is 8.76. The van der Waals surface area contributed by atoms with Gasteiger partial charge in [0.15, 0.2) is 0 Å². The van der Waals surface area contributed by atoms with Crippen molar-refractivity contribution in [2.24, 2.45) is 5.73 Å². The first kappa shape index (κ1) is 30.9. The van der Waals surface area contributed by atoms with Crippen LogP contribution in [0.5, 0.6) is 5.75 Å². The average molecular weight is 632 g/mol. The summed E-state index contributed by atoms with van der Waals surface area (Å²) >= 11 is 0. The summed E-state index contributed by atoms with van der Waals surface area (Å²) in [5, 5.41) is 8.45. The van der Waals surface area contributed by atoms with Crippen molar-refractivity contribution in [3.63, 3.8) is 0 Å². The minimum absolute atomic E-state index is 0.0269. The van der Waals surface area contributed by atoms with Crippen molar-refractivity contribution in [3.8, 4) is 17.0 Å². The Hall–Kier alpha value is -5.07. The van der Waals surface area contributed by atoms with Crippen molar-refractivity contribution in [3.05, 3.63) is 65.1 Å². The van der Waals surface area contributed by atoms with Crippen LogP contribution in [0.4, 0.5) is 15.0 Å². The Labute approximate surface area is 265 Å². The second kappa shape index (κ2) is 11.7. The maximum Gasteiger partial charge on any atom is 0.410 e. The molecule has 242 valence electrons. The molecule has 2 aromatic carbocycles. The van der Waals surface area contributed by atoms with Gasteiger partial charge in [-0.1, -0.05) is 12.1 Å². The van der Waals surface area contributed by atoms with Crippen molar-refractivity contribution in [2.45, 2.75) is 76.7 Å². The normalized spacial score (nSPS) is 19.3. The van der Waals surface area contributed by atoms with Gasteiger partial charge in [-0.2, -0.15) is 5.10 Å². The predicted molar refractivity (Wildman–Crippen MR) is 170 cm³/mol. The van der Waals surface area contributed by atoms with Gasteiger partial charge in [-0.15, -0.1) is 0 Å². The molecule has 2 aromatic heterocycles. The van der Waals surface area contributed by atoms with Crippen LogP contribution in [0, 0.1) is 5.82 Å². The van der Waals surface area contributed by atoms with Crippen molar-refractivity contribution in [2.75, 3.05) is 12.8 Å². The fourth-order valence-electron chi connectivity index (χ4n) is 6.82. The number of nitrogens with zero attached hydrogens (tertiary/aromatic N) is 3. The number of piperidine rings is 1. The van der Waals surface area contributed by atoms with E-state index in [0.29, 0.717) is 24.1 Å². The van der Waals surface area contributed by atoms with Gasteiger partial charge >= 0.3 is 6.09 Å². The minimum Gasteiger partial charge on any atom is -0.496 e. The molecule has 12 nitrogen and oxygen atoms in total. The summed E-state index contributed by atoms with van der Waals surface area (Å²) in [6, 6.07) is 9.04. The number of methoxy groups -OCH3 is 1. The van der Waals surface area contributed by atoms with Crippen LogP contribution < -0.4 is 21.5 Å². The first-order valence-electron chi connectivity index (χ1n) is 15.3. The first-order valence-corrected chi connectivity index (χ1v) is 15.3. The number of carbonyl (C=O) groups is 3. The van der Waals surface area contributed by atoms with Crippen LogP contribution in [0.1, 0.15) is 78.8 Å². The average Bonchev–Trinajstić information content (AvgIpc) is 3.69. The molecule has 0 aliphatic carbocycles. The Morgan fingerprint density at radius 2 is 1.80 bits per heavy atom. The molecular weight excluding hydrogens is 593 g/mol. The highest BCUT2D eigenvalue weighted by atomic mass is 19.1. The van der Waals surface area contributed by atoms with Crippen molar-refractivity contribution >= 4 is 34.6 Å². The third kappa shape index (κ3) is 5.61. The van der Waals surface area contributed by atoms with E-state index in [1.165, 1.54) is 19.2 Å². The van der Waals surface area contributed by atoms with E-state index in [2.05, 4.69) is 10.3 Å². The molecule has 1 unspecified atom stereocenters. The van der Waals surface area contributed by atoms with E-state index in [1.807, 2.05) is 43.9 Å². The SMILES string of the molecule is COc1ccc(F)cc1C(=O)NCc1ccc(-c2nn(C3C[C@H]4CC[C@@H](C3)N4C(=O)OC(C)(C)C)c(N)c2C(N)=O)c2cc[nH]c12. The quantitative estimate of drug-likeness (QED) is 0.225. The summed E-state index contributed by atoms with van der Waals surface area (Å²) in [5.74, 6) is -1.30. The lowest BCUT2D eigenvalue weighted by atomic mass is 9.97. The number of anilines is 1. The van der Waals surface area contributed by atoms with E-state index in [0.717, 1.165) is 35.4 Å². The highest BCUT2D eigenvalue weighted by molar-refractivity contribution is 6.07. The van der Waals surface area contributed by atoms with Gasteiger partial charge in [0.2, 0.25) is 0 Å². The summed E-state index contributed by atoms with van der Waals surface area (Å²) in [4.78, 5) is 43.8. The van der Waals surface area contributed by atoms with E-state index in [1.54, 1.807) is 10.9 Å². The number of ether oxygens (including phenoxy) is 2. The molecular formula is C33H38FN7O5. The number of amides is 3. The summed E-state index contributed by atoms with van der Waals surface area (Å²) in [5.41, 5.74) is 14.5. The Bertz CT molecular complexity index is 1830. The Morgan fingerprint density at radius 1 is 1.09 bits per heavy atom. The van der Waals surface area contributed by atoms with E-state index < -0.39 is 23.2 Å². The molecule has 3 atom stereocenters. The van der Waals surface area contributed by atoms with Crippen molar-refractivity contribution in [1.29, 1.82) is 0 Å². The zero-order valence-corrected chi connectivity index (χ0v) is 26.2. The number of fused-ring (bicyclic) bond motifs is 3. The van der Waals surface area contributed by atoms with Crippen LogP contribution in [-0.4, -0.2) is 62.4 Å². The second-order valence-electron chi connectivity index (χ2n) is 12.9. The lowest BCUT2D eigenvalue weighted by Crippen LogP contribution is -2.49. The van der Waals surface area contributed by atoms with Crippen LogP contribution in [0.15, 0.2) is 42.6 Å². The molecule has 2 bridgehead atoms. The first-order chi connectivity index (χ1) is 21.9. The van der Waals surface area contributed by atoms with Crippen LogP contribution in [-0.2, 0) is 11.3 Å². The van der Waals surface area contributed by atoms with Gasteiger partial charge in [0.25, 0.3) is 11.8 Å². The molecule has 0 radical (unpaired) electrons. The number of rotatable bonds is 7. The number of hydrogen-bond acceptors (Lipinski definition) is 7. The molecule has 2 saturated heterocycles. The molecule has 0 saturated carbocycles. The van der Waals surface area contributed by atoms with Gasteiger partial charge in [0.05, 0.1) is 24.2 Å². The molecule has 4 aromatic rings. The standard InChI is InChI=1S/C33H38FN7O5/c1-33(2,3)46-32(44)40-19-7-8-20(40)15-21(14-19)41-29(35)26(30(36)42)28(39-41)22-9-5-17(27-23(22)11-12-37-27)16-38-31(43)24-13-18(34)6-10-25(24)45-4/h5-6,9-13,19-21,37H,7-8,14-16,35H2,1-4H3,(H2,36,42)(H,38,43)/t19-,20+,21?. The summed E-state index contributed by atoms with van der Waals surface area (Å²) in [6.07, 6.45) is 4.38. The van der Waals surface area contributed by atoms with E-state index >= 15 is 0 Å². The van der Waals surface area contributed by atoms with E-state index in [-0.39, 0.29) is 53.5 Å². The number of halogens is 1. The van der Waals surface area contributed by atoms with Crippen LogP contribution in [0.2, 0.25) is 0 Å². The Balaban J connectivity index is 1.28. The van der Waals surface area contributed by atoms with Crippen LogP contribution in [0.25, 0.3) is 22.2 Å². The lowest BCUT2D eigenvalue weighted by molar-refractivity contribution is 0.00244. The maximum atomic E-state index is 13.9. The van der Waals surface area contributed by atoms with Gasteiger partial charge in [-0.3, -0.25) is 9.59 Å². The zero-order valence-electron chi connectivity index (χ0n) is 26.2. The molecule has 6 rings (SSSR count). The summed E-state index contributed by atoms with van der Waals surface area (Å²) in [7, 11) is 1.41. The lowest BCUT2D eigenvalue weighted by Gasteiger charge is -2.39. The number of nitrogens with two attached hydrogens (primary N) is 2. The number of aromatic amines is 1. The number of carbonyl (C=O) groups excluding carboxylic acids is 3. The third-order valence-corrected chi connectivity index (χ3v) is 8.76. The van der Waals surface area contributed by atoms with Crippen molar-refractivity contribution < 1.29 is 28.2 Å². The van der Waals surface area contributed by atoms with E-state index in [9.17, 15) is 18.8 Å². The monoisotopic (exact) mass is 631 g/mol. The van der Waals surface area contributed by atoms with Gasteiger partial charge in [-0.05, 0) is 76.3 Å². The largest absolute Gasteiger partial charge is 0.496 e. The molecule has 6 N–H and O–H groups in total. The molecule has 13 heteroatoms. The van der Waals surface area contributed by atoms with Gasteiger partial charge in [-0.25, -0.2) is 13.9 Å². The topological polar surface area (TPSA) is 171 Å². The highest BCUT2D eigenvalue weighted by Crippen LogP contribution is 2.44. The minimum atomic E-state index is -0.697. The van der Waals surface area contributed by atoms with Gasteiger partial charge in [0, 0.05) is 35.8 Å².